The van der Waals surface area contributed by atoms with Crippen molar-refractivity contribution in [1.82, 2.24) is 8.96 Å². The third-order valence-electron chi connectivity index (χ3n) is 4.32. The number of nitrogens with zero attached hydrogens (tertiary/aromatic N) is 2. The van der Waals surface area contributed by atoms with Crippen molar-refractivity contribution < 1.29 is 0 Å². The van der Waals surface area contributed by atoms with Crippen LogP contribution < -0.4 is 0 Å². The maximum Gasteiger partial charge on any atom is 0.104 e. The fraction of sp³-hybridized carbons (Fsp3) is 0.562. The lowest BCUT2D eigenvalue weighted by Gasteiger charge is -2.33. The van der Waals surface area contributed by atoms with E-state index in [1.54, 1.807) is 5.57 Å². The van der Waals surface area contributed by atoms with Crippen LogP contribution >= 0.6 is 10.2 Å². The van der Waals surface area contributed by atoms with Gasteiger partial charge in [0.1, 0.15) is 6.33 Å². The van der Waals surface area contributed by atoms with E-state index in [-0.39, 0.29) is 0 Å². The van der Waals surface area contributed by atoms with E-state index < -0.39 is 10.2 Å². The van der Waals surface area contributed by atoms with Crippen molar-refractivity contribution in [1.29, 1.82) is 0 Å². The van der Waals surface area contributed by atoms with Crippen molar-refractivity contribution in [2.24, 2.45) is 5.92 Å². The molecule has 2 aliphatic rings. The highest BCUT2D eigenvalue weighted by Crippen LogP contribution is 2.58. The molecule has 1 aromatic rings. The Morgan fingerprint density at radius 2 is 2.16 bits per heavy atom. The fourth-order valence-electron chi connectivity index (χ4n) is 3.32. The van der Waals surface area contributed by atoms with E-state index in [1.165, 1.54) is 44.3 Å². The summed E-state index contributed by atoms with van der Waals surface area (Å²) < 4.78 is 2.35. The minimum atomic E-state index is -0.934. The zero-order chi connectivity index (χ0) is 13.1. The maximum absolute atomic E-state index is 4.25. The maximum atomic E-state index is 4.25. The summed E-state index contributed by atoms with van der Waals surface area (Å²) in [6, 6.07) is 0. The van der Waals surface area contributed by atoms with Crippen molar-refractivity contribution in [2.75, 3.05) is 5.75 Å². The van der Waals surface area contributed by atoms with Crippen LogP contribution in [0.25, 0.3) is 0 Å². The molecule has 0 bridgehead atoms. The zero-order valence-electron chi connectivity index (χ0n) is 11.8. The van der Waals surface area contributed by atoms with Gasteiger partial charge in [-0.05, 0) is 41.6 Å². The molecule has 0 amide bonds. The Morgan fingerprint density at radius 3 is 2.84 bits per heavy atom. The number of imidazole rings is 1. The largest absolute Gasteiger partial charge is 0.292 e. The smallest absolute Gasteiger partial charge is 0.104 e. The molecule has 1 aliphatic heterocycles. The molecule has 0 N–H and O–H groups in total. The van der Waals surface area contributed by atoms with E-state index >= 15 is 0 Å². The van der Waals surface area contributed by atoms with Gasteiger partial charge in [0.25, 0.3) is 0 Å². The molecular formula is C16H24N2S. The SMILES string of the molecule is CCCS1(n2ccnc2)C=CC(C2CCCCC2)=C1. The van der Waals surface area contributed by atoms with Crippen LogP contribution in [0.4, 0.5) is 0 Å². The van der Waals surface area contributed by atoms with E-state index in [1.807, 2.05) is 12.5 Å². The van der Waals surface area contributed by atoms with E-state index in [0.29, 0.717) is 0 Å². The Morgan fingerprint density at radius 1 is 1.32 bits per heavy atom. The van der Waals surface area contributed by atoms with Gasteiger partial charge in [0.05, 0.1) is 0 Å². The monoisotopic (exact) mass is 276 g/mol. The number of rotatable bonds is 4. The highest BCUT2D eigenvalue weighted by Gasteiger charge is 2.27. The lowest BCUT2D eigenvalue weighted by atomic mass is 9.84. The first kappa shape index (κ1) is 13.0. The van der Waals surface area contributed by atoms with Gasteiger partial charge in [0.2, 0.25) is 0 Å². The van der Waals surface area contributed by atoms with Gasteiger partial charge in [0, 0.05) is 18.1 Å². The molecule has 19 heavy (non-hydrogen) atoms. The Balaban J connectivity index is 1.87. The van der Waals surface area contributed by atoms with E-state index in [2.05, 4.69) is 39.0 Å². The predicted molar refractivity (Wildman–Crippen MR) is 84.2 cm³/mol. The summed E-state index contributed by atoms with van der Waals surface area (Å²) in [6.45, 7) is 2.28. The van der Waals surface area contributed by atoms with Gasteiger partial charge < -0.3 is 0 Å². The molecule has 2 heterocycles. The fourth-order valence-corrected chi connectivity index (χ4v) is 6.42. The van der Waals surface area contributed by atoms with Crippen molar-refractivity contribution in [3.8, 4) is 0 Å². The van der Waals surface area contributed by atoms with Gasteiger partial charge in [0.15, 0.2) is 0 Å². The van der Waals surface area contributed by atoms with E-state index in [4.69, 9.17) is 0 Å². The Kier molecular flexibility index (Phi) is 3.83. The molecule has 1 atom stereocenters. The van der Waals surface area contributed by atoms with E-state index in [9.17, 15) is 0 Å². The van der Waals surface area contributed by atoms with Gasteiger partial charge in [-0.3, -0.25) is 3.97 Å². The normalized spacial score (nSPS) is 31.1. The standard InChI is InChI=1S/C16H24N2S/c1-2-11-19(18-10-9-17-14-18)12-8-16(13-19)15-6-4-3-5-7-15/h8-10,12-15H,2-7,11H2,1H3. The van der Waals surface area contributed by atoms with Crippen LogP contribution in [0.15, 0.2) is 41.2 Å². The lowest BCUT2D eigenvalue weighted by molar-refractivity contribution is 0.409. The Hall–Kier alpha value is -0.960. The van der Waals surface area contributed by atoms with Gasteiger partial charge in [-0.1, -0.05) is 32.3 Å². The highest BCUT2D eigenvalue weighted by molar-refractivity contribution is 8.37. The highest BCUT2D eigenvalue weighted by atomic mass is 32.3. The molecule has 104 valence electrons. The van der Waals surface area contributed by atoms with Crippen LogP contribution in [0.1, 0.15) is 45.4 Å². The summed E-state index contributed by atoms with van der Waals surface area (Å²) in [5.74, 6) is 2.07. The lowest BCUT2D eigenvalue weighted by Crippen LogP contribution is -2.09. The third-order valence-corrected chi connectivity index (χ3v) is 7.67. The van der Waals surface area contributed by atoms with Gasteiger partial charge in [-0.2, -0.15) is 0 Å². The minimum Gasteiger partial charge on any atom is -0.292 e. The number of allylic oxidation sites excluding steroid dienone is 2. The predicted octanol–water partition coefficient (Wildman–Crippen LogP) is 4.85. The summed E-state index contributed by atoms with van der Waals surface area (Å²) in [4.78, 5) is 4.25. The molecule has 0 spiro atoms. The molecule has 1 unspecified atom stereocenters. The van der Waals surface area contributed by atoms with Crippen molar-refractivity contribution in [3.05, 3.63) is 41.2 Å². The second-order valence-corrected chi connectivity index (χ2v) is 8.65. The van der Waals surface area contributed by atoms with Gasteiger partial charge in [-0.15, -0.1) is 10.2 Å². The molecule has 0 aromatic carbocycles. The number of hydrogen-bond donors (Lipinski definition) is 0. The van der Waals surface area contributed by atoms with Crippen molar-refractivity contribution in [3.63, 3.8) is 0 Å². The van der Waals surface area contributed by atoms with Crippen molar-refractivity contribution in [2.45, 2.75) is 45.4 Å². The average molecular weight is 276 g/mol. The molecule has 0 radical (unpaired) electrons. The number of aromatic nitrogens is 2. The molecule has 1 fully saturated rings. The average Bonchev–Trinajstić information content (AvgIpc) is 3.10. The summed E-state index contributed by atoms with van der Waals surface area (Å²) in [5, 5.41) is 5.07. The van der Waals surface area contributed by atoms with Crippen LogP contribution in [0.3, 0.4) is 0 Å². The molecular weight excluding hydrogens is 252 g/mol. The van der Waals surface area contributed by atoms with Gasteiger partial charge >= 0.3 is 0 Å². The van der Waals surface area contributed by atoms with Crippen LogP contribution in [-0.4, -0.2) is 14.7 Å². The molecule has 0 saturated heterocycles. The molecule has 3 rings (SSSR count). The van der Waals surface area contributed by atoms with Gasteiger partial charge in [-0.25, -0.2) is 4.98 Å². The third kappa shape index (κ3) is 2.53. The summed E-state index contributed by atoms with van der Waals surface area (Å²) in [7, 11) is -0.934. The van der Waals surface area contributed by atoms with Crippen LogP contribution in [0, 0.1) is 5.92 Å². The summed E-state index contributed by atoms with van der Waals surface area (Å²) in [6.07, 6.45) is 16.7. The van der Waals surface area contributed by atoms with Crippen LogP contribution in [0.5, 0.6) is 0 Å². The van der Waals surface area contributed by atoms with Crippen LogP contribution in [0.2, 0.25) is 0 Å². The summed E-state index contributed by atoms with van der Waals surface area (Å²) in [5.41, 5.74) is 1.61. The molecule has 1 saturated carbocycles. The minimum absolute atomic E-state index is 0.819. The second-order valence-electron chi connectivity index (χ2n) is 5.69. The van der Waals surface area contributed by atoms with Crippen molar-refractivity contribution >= 4 is 10.2 Å². The van der Waals surface area contributed by atoms with E-state index in [0.717, 1.165) is 5.92 Å². The molecule has 1 aliphatic carbocycles. The quantitative estimate of drug-likeness (QED) is 0.768. The van der Waals surface area contributed by atoms with Crippen LogP contribution in [-0.2, 0) is 0 Å². The first-order valence-electron chi connectivity index (χ1n) is 7.53. The molecule has 1 aromatic heterocycles. The molecule has 3 heteroatoms. The zero-order valence-corrected chi connectivity index (χ0v) is 12.6. The molecule has 2 nitrogen and oxygen atoms in total. The second kappa shape index (κ2) is 5.58. The first-order valence-corrected chi connectivity index (χ1v) is 9.42. The Labute approximate surface area is 118 Å². The Bertz CT molecular complexity index is 469. The summed E-state index contributed by atoms with van der Waals surface area (Å²) >= 11 is 0. The number of hydrogen-bond acceptors (Lipinski definition) is 1. The first-order chi connectivity index (χ1) is 9.34. The topological polar surface area (TPSA) is 17.8 Å².